The van der Waals surface area contributed by atoms with Gasteiger partial charge in [-0.25, -0.2) is 4.79 Å². The van der Waals surface area contributed by atoms with Crippen molar-refractivity contribution in [1.29, 1.82) is 0 Å². The van der Waals surface area contributed by atoms with Crippen LogP contribution < -0.4 is 48.7 Å². The summed E-state index contributed by atoms with van der Waals surface area (Å²) in [4.78, 5) is 68.2. The standard InChI is InChI=1S/C47H70N10O7/c1-6-39(59)51-29-30-54-45(63)57-44(49)53-26-10-14-38(41(60)55-32-33-15-21-37(58)22-16-33)56-42(61)40(34-12-8-7-9-13-34)35-17-19-36(20-18-35)50-27-11-28-52-43(62)46(2,3)24-31-64-47(4,5)23-25-48/h7-9,12-13,15-22,38,40,50,58H,6,10-11,14,23-32,48H2,1-5H3,(H,51,59)(H,52,62)(H,55,60)(H,56,61)(H4,49,53,54,57,63)/t38-,40?/m1/s1. The molecule has 0 fully saturated rings. The lowest BCUT2D eigenvalue weighted by atomic mass is 9.88. The van der Waals surface area contributed by atoms with Gasteiger partial charge >= 0.3 is 6.03 Å². The zero-order valence-corrected chi connectivity index (χ0v) is 38.1. The minimum atomic E-state index is -0.939. The van der Waals surface area contributed by atoms with Crippen molar-refractivity contribution in [2.75, 3.05) is 51.2 Å². The van der Waals surface area contributed by atoms with Crippen LogP contribution in [0, 0.1) is 5.41 Å². The summed E-state index contributed by atoms with van der Waals surface area (Å²) in [5, 5.41) is 30.1. The van der Waals surface area contributed by atoms with Gasteiger partial charge in [-0.2, -0.15) is 4.99 Å². The number of nitrogens with two attached hydrogens (primary N) is 2. The van der Waals surface area contributed by atoms with Gasteiger partial charge in [-0.15, -0.1) is 0 Å². The molecule has 3 aromatic carbocycles. The van der Waals surface area contributed by atoms with Gasteiger partial charge in [0.1, 0.15) is 11.8 Å². The molecule has 0 aliphatic carbocycles. The van der Waals surface area contributed by atoms with Crippen molar-refractivity contribution < 1.29 is 33.8 Å². The van der Waals surface area contributed by atoms with E-state index in [0.717, 1.165) is 28.8 Å². The number of guanidine groups is 1. The van der Waals surface area contributed by atoms with Crippen LogP contribution in [0.3, 0.4) is 0 Å². The second kappa shape index (κ2) is 27.1. The van der Waals surface area contributed by atoms with Gasteiger partial charge in [0.2, 0.25) is 23.6 Å². The third-order valence-electron chi connectivity index (χ3n) is 10.5. The van der Waals surface area contributed by atoms with E-state index < -0.39 is 29.3 Å². The molecule has 2 atom stereocenters. The maximum atomic E-state index is 14.3. The molecule has 0 aromatic heterocycles. The highest BCUT2D eigenvalue weighted by molar-refractivity contribution is 5.93. The largest absolute Gasteiger partial charge is 0.508 e. The molecule has 0 heterocycles. The maximum Gasteiger partial charge on any atom is 0.344 e. The molecule has 0 saturated heterocycles. The molecule has 17 nitrogen and oxygen atoms in total. The van der Waals surface area contributed by atoms with Crippen molar-refractivity contribution in [1.82, 2.24) is 31.9 Å². The average Bonchev–Trinajstić information content (AvgIpc) is 3.26. The molecule has 0 saturated carbocycles. The normalized spacial score (nSPS) is 12.6. The van der Waals surface area contributed by atoms with Crippen molar-refractivity contribution in [2.24, 2.45) is 21.9 Å². The molecule has 17 heteroatoms. The van der Waals surface area contributed by atoms with Crippen LogP contribution >= 0.6 is 0 Å². The van der Waals surface area contributed by atoms with Crippen LogP contribution in [0.4, 0.5) is 10.5 Å². The number of nitrogens with zero attached hydrogens (tertiary/aromatic N) is 1. The van der Waals surface area contributed by atoms with Crippen LogP contribution in [0.2, 0.25) is 0 Å². The second-order valence-electron chi connectivity index (χ2n) is 16.7. The van der Waals surface area contributed by atoms with E-state index in [-0.39, 0.29) is 67.6 Å². The molecule has 0 radical (unpaired) electrons. The number of hydrogen-bond donors (Lipinski definition) is 10. The summed E-state index contributed by atoms with van der Waals surface area (Å²) >= 11 is 0. The summed E-state index contributed by atoms with van der Waals surface area (Å²) in [5.74, 6) is -1.70. The Morgan fingerprint density at radius 1 is 0.734 bits per heavy atom. The lowest BCUT2D eigenvalue weighted by molar-refractivity contribution is -0.131. The molecule has 6 amide bonds. The number of phenolic OH excluding ortho intramolecular Hbond substituents is 1. The molecule has 0 bridgehead atoms. The molecule has 1 unspecified atom stereocenters. The number of amides is 6. The first-order chi connectivity index (χ1) is 30.5. The Kier molecular flexibility index (Phi) is 22.1. The van der Waals surface area contributed by atoms with Crippen LogP contribution in [0.5, 0.6) is 5.75 Å². The number of benzene rings is 3. The number of aliphatic imine (C=N–C) groups is 1. The summed E-state index contributed by atoms with van der Waals surface area (Å²) in [6, 6.07) is 21.7. The zero-order valence-electron chi connectivity index (χ0n) is 38.1. The van der Waals surface area contributed by atoms with Crippen molar-refractivity contribution in [3.63, 3.8) is 0 Å². The molecule has 64 heavy (non-hydrogen) atoms. The van der Waals surface area contributed by atoms with Gasteiger partial charge in [-0.05, 0) is 93.5 Å². The van der Waals surface area contributed by atoms with Crippen LogP contribution in [0.1, 0.15) is 95.8 Å². The number of nitrogens with one attached hydrogen (secondary N) is 7. The fourth-order valence-electron chi connectivity index (χ4n) is 6.47. The minimum Gasteiger partial charge on any atom is -0.508 e. The Bertz CT molecular complexity index is 1940. The van der Waals surface area contributed by atoms with Gasteiger partial charge in [-0.1, -0.05) is 75.4 Å². The van der Waals surface area contributed by atoms with Gasteiger partial charge in [-0.3, -0.25) is 19.2 Å². The Hall–Kier alpha value is -6.20. The molecule has 0 aliphatic rings. The average molecular weight is 887 g/mol. The number of rotatable bonds is 27. The van der Waals surface area contributed by atoms with Crippen LogP contribution in [-0.2, 0) is 30.5 Å². The number of ether oxygens (including phenoxy) is 1. The fraction of sp³-hybridized carbons (Fsp3) is 0.489. The quantitative estimate of drug-likeness (QED) is 0.0300. The first kappa shape index (κ1) is 52.1. The van der Waals surface area contributed by atoms with E-state index in [0.29, 0.717) is 51.9 Å². The van der Waals surface area contributed by atoms with Crippen LogP contribution in [-0.4, -0.2) is 98.2 Å². The molecule has 3 rings (SSSR count). The second-order valence-corrected chi connectivity index (χ2v) is 16.7. The third kappa shape index (κ3) is 19.5. The molecule has 350 valence electrons. The molecule has 3 aromatic rings. The molecular weight excluding hydrogens is 817 g/mol. The number of phenols is 1. The molecule has 0 aliphatic heterocycles. The SMILES string of the molecule is CCC(=O)NCCNC(=O)/N=C(/N)NCCC[C@@H](NC(=O)C(c1ccccc1)c1ccc(NCCCNC(=O)C(C)(C)CCOC(C)(C)CCN)cc1)C(=O)NCc1ccc(O)cc1. The first-order valence-corrected chi connectivity index (χ1v) is 22.0. The van der Waals surface area contributed by atoms with E-state index in [1.807, 2.05) is 82.3 Å². The third-order valence-corrected chi connectivity index (χ3v) is 10.5. The highest BCUT2D eigenvalue weighted by atomic mass is 16.5. The van der Waals surface area contributed by atoms with Crippen molar-refractivity contribution in [3.05, 3.63) is 95.6 Å². The lowest BCUT2D eigenvalue weighted by Gasteiger charge is -2.28. The number of anilines is 1. The van der Waals surface area contributed by atoms with Gasteiger partial charge in [0.05, 0.1) is 11.5 Å². The van der Waals surface area contributed by atoms with Gasteiger partial charge in [0.25, 0.3) is 0 Å². The van der Waals surface area contributed by atoms with E-state index in [4.69, 9.17) is 16.2 Å². The van der Waals surface area contributed by atoms with E-state index in [1.165, 1.54) is 12.1 Å². The van der Waals surface area contributed by atoms with Gasteiger partial charge in [0, 0.05) is 63.4 Å². The number of carbonyl (C=O) groups excluding carboxylic acids is 5. The maximum absolute atomic E-state index is 14.3. The lowest BCUT2D eigenvalue weighted by Crippen LogP contribution is -2.48. The van der Waals surface area contributed by atoms with Gasteiger partial charge < -0.3 is 58.5 Å². The topological polar surface area (TPSA) is 263 Å². The van der Waals surface area contributed by atoms with Crippen molar-refractivity contribution in [2.45, 2.75) is 97.2 Å². The highest BCUT2D eigenvalue weighted by Gasteiger charge is 2.29. The Morgan fingerprint density at radius 3 is 2.06 bits per heavy atom. The summed E-state index contributed by atoms with van der Waals surface area (Å²) in [6.07, 6.45) is 2.96. The van der Waals surface area contributed by atoms with E-state index in [2.05, 4.69) is 42.2 Å². The van der Waals surface area contributed by atoms with Crippen LogP contribution in [0.25, 0.3) is 0 Å². The Labute approximate surface area is 377 Å². The Morgan fingerprint density at radius 2 is 1.39 bits per heavy atom. The smallest absolute Gasteiger partial charge is 0.344 e. The van der Waals surface area contributed by atoms with Crippen molar-refractivity contribution in [3.8, 4) is 5.75 Å². The fourth-order valence-corrected chi connectivity index (χ4v) is 6.47. The minimum absolute atomic E-state index is 0.0279. The predicted molar refractivity (Wildman–Crippen MR) is 250 cm³/mol. The highest BCUT2D eigenvalue weighted by Crippen LogP contribution is 2.27. The Balaban J connectivity index is 1.62. The first-order valence-electron chi connectivity index (χ1n) is 22.0. The summed E-state index contributed by atoms with van der Waals surface area (Å²) in [6.45, 7) is 12.5. The van der Waals surface area contributed by atoms with Gasteiger partial charge in [0.15, 0.2) is 5.96 Å². The summed E-state index contributed by atoms with van der Waals surface area (Å²) in [5.41, 5.74) is 13.8. The summed E-state index contributed by atoms with van der Waals surface area (Å²) < 4.78 is 5.97. The number of urea groups is 1. The monoisotopic (exact) mass is 887 g/mol. The number of carbonyl (C=O) groups is 5. The number of aromatic hydroxyl groups is 1. The van der Waals surface area contributed by atoms with Crippen LogP contribution in [0.15, 0.2) is 83.9 Å². The zero-order chi connectivity index (χ0) is 47.0. The molecule has 0 spiro atoms. The predicted octanol–water partition coefficient (Wildman–Crippen LogP) is 3.72. The number of hydrogen-bond acceptors (Lipinski definition) is 9. The van der Waals surface area contributed by atoms with Crippen molar-refractivity contribution >= 4 is 41.3 Å². The van der Waals surface area contributed by atoms with E-state index in [9.17, 15) is 29.1 Å². The van der Waals surface area contributed by atoms with E-state index >= 15 is 0 Å². The van der Waals surface area contributed by atoms with E-state index in [1.54, 1.807) is 19.1 Å². The molecule has 12 N–H and O–H groups in total. The molecular formula is C47H70N10O7. The summed E-state index contributed by atoms with van der Waals surface area (Å²) in [7, 11) is 0.